The molecule has 30 heavy (non-hydrogen) atoms. The highest BCUT2D eigenvalue weighted by Crippen LogP contribution is 2.29. The monoisotopic (exact) mass is 424 g/mol. The van der Waals surface area contributed by atoms with Crippen molar-refractivity contribution in [2.45, 2.75) is 19.5 Å². The molecule has 1 atom stereocenters. The molecule has 0 aliphatic rings. The lowest BCUT2D eigenvalue weighted by Crippen LogP contribution is -2.37. The molecule has 0 aliphatic heterocycles. The van der Waals surface area contributed by atoms with Crippen LogP contribution in [0.4, 0.5) is 0 Å². The highest BCUT2D eigenvalue weighted by Gasteiger charge is 2.18. The maximum Gasteiger partial charge on any atom is 0.234 e. The van der Waals surface area contributed by atoms with Crippen LogP contribution in [-0.4, -0.2) is 38.1 Å². The fraction of sp³-hybridized carbons (Fsp3) is 0.292. The molecule has 2 aromatic carbocycles. The van der Waals surface area contributed by atoms with E-state index in [0.717, 1.165) is 21.8 Å². The molecule has 1 heterocycles. The molecule has 0 fully saturated rings. The summed E-state index contributed by atoms with van der Waals surface area (Å²) in [6, 6.07) is 19.8. The number of hydrogen-bond donors (Lipinski definition) is 1. The zero-order valence-electron chi connectivity index (χ0n) is 17.6. The van der Waals surface area contributed by atoms with Crippen LogP contribution in [0, 0.1) is 0 Å². The van der Waals surface area contributed by atoms with Crippen molar-refractivity contribution < 1.29 is 14.3 Å². The van der Waals surface area contributed by atoms with E-state index in [2.05, 4.69) is 11.4 Å². The minimum Gasteiger partial charge on any atom is -0.493 e. The first-order chi connectivity index (χ1) is 14.6. The van der Waals surface area contributed by atoms with Gasteiger partial charge >= 0.3 is 0 Å². The van der Waals surface area contributed by atoms with Crippen LogP contribution in [-0.2, 0) is 11.3 Å². The van der Waals surface area contributed by atoms with Gasteiger partial charge in [-0.25, -0.2) is 0 Å². The summed E-state index contributed by atoms with van der Waals surface area (Å²) in [4.78, 5) is 15.9. The van der Waals surface area contributed by atoms with Gasteiger partial charge in [0.15, 0.2) is 11.5 Å². The van der Waals surface area contributed by atoms with Crippen molar-refractivity contribution in [3.05, 3.63) is 82.0 Å². The lowest BCUT2D eigenvalue weighted by molar-refractivity contribution is -0.122. The van der Waals surface area contributed by atoms with Crippen LogP contribution in [0.2, 0.25) is 0 Å². The van der Waals surface area contributed by atoms with Crippen LogP contribution >= 0.6 is 11.3 Å². The summed E-state index contributed by atoms with van der Waals surface area (Å²) in [5.41, 5.74) is 2.13. The molecule has 0 saturated carbocycles. The van der Waals surface area contributed by atoms with E-state index in [1.807, 2.05) is 78.8 Å². The number of nitrogens with one attached hydrogen (secondary N) is 1. The third kappa shape index (κ3) is 5.84. The number of likely N-dealkylation sites (N-methyl/N-ethyl adjacent to an activating group) is 1. The van der Waals surface area contributed by atoms with Crippen LogP contribution < -0.4 is 14.8 Å². The van der Waals surface area contributed by atoms with Gasteiger partial charge in [0.2, 0.25) is 5.91 Å². The van der Waals surface area contributed by atoms with Crippen molar-refractivity contribution in [3.8, 4) is 11.5 Å². The standard InChI is InChI=1S/C24H28N2O3S/c1-4-29-20-13-12-18(15-21(20)28-3)16-26(2)17-23(27)25-24(22-11-8-14-30-22)19-9-6-5-7-10-19/h5-15,24H,4,16-17H2,1-3H3,(H,25,27)/t24-/m0/s1. The first-order valence-corrected chi connectivity index (χ1v) is 10.8. The van der Waals surface area contributed by atoms with Crippen molar-refractivity contribution in [2.24, 2.45) is 0 Å². The molecule has 3 aromatic rings. The zero-order valence-corrected chi connectivity index (χ0v) is 18.4. The van der Waals surface area contributed by atoms with Crippen molar-refractivity contribution in [1.29, 1.82) is 0 Å². The van der Waals surface area contributed by atoms with Gasteiger partial charge in [-0.05, 0) is 48.7 Å². The first kappa shape index (κ1) is 21.9. The van der Waals surface area contributed by atoms with Crippen LogP contribution in [0.1, 0.15) is 29.0 Å². The number of rotatable bonds is 10. The number of carbonyl (C=O) groups is 1. The van der Waals surface area contributed by atoms with Gasteiger partial charge in [-0.15, -0.1) is 11.3 Å². The van der Waals surface area contributed by atoms with E-state index in [4.69, 9.17) is 9.47 Å². The van der Waals surface area contributed by atoms with Crippen molar-refractivity contribution in [2.75, 3.05) is 27.3 Å². The number of ether oxygens (including phenoxy) is 2. The molecular formula is C24H28N2O3S. The number of carbonyl (C=O) groups excluding carboxylic acids is 1. The summed E-state index contributed by atoms with van der Waals surface area (Å²) in [5.74, 6) is 1.41. The molecule has 6 heteroatoms. The van der Waals surface area contributed by atoms with E-state index in [1.165, 1.54) is 0 Å². The van der Waals surface area contributed by atoms with Gasteiger partial charge in [0.25, 0.3) is 0 Å². The molecule has 5 nitrogen and oxygen atoms in total. The number of amides is 1. The van der Waals surface area contributed by atoms with Gasteiger partial charge in [0.05, 0.1) is 26.3 Å². The summed E-state index contributed by atoms with van der Waals surface area (Å²) in [7, 11) is 3.57. The van der Waals surface area contributed by atoms with E-state index in [9.17, 15) is 4.79 Å². The maximum atomic E-state index is 12.8. The Morgan fingerprint density at radius 2 is 1.90 bits per heavy atom. The van der Waals surface area contributed by atoms with E-state index in [0.29, 0.717) is 25.4 Å². The van der Waals surface area contributed by atoms with E-state index in [-0.39, 0.29) is 11.9 Å². The molecule has 0 spiro atoms. The van der Waals surface area contributed by atoms with Crippen LogP contribution in [0.25, 0.3) is 0 Å². The SMILES string of the molecule is CCOc1ccc(CN(C)CC(=O)N[C@@H](c2ccccc2)c2cccs2)cc1OC. The van der Waals surface area contributed by atoms with Gasteiger partial charge in [0.1, 0.15) is 0 Å². The lowest BCUT2D eigenvalue weighted by Gasteiger charge is -2.21. The number of benzene rings is 2. The summed E-state index contributed by atoms with van der Waals surface area (Å²) in [6.07, 6.45) is 0. The summed E-state index contributed by atoms with van der Waals surface area (Å²) in [5, 5.41) is 5.22. The van der Waals surface area contributed by atoms with E-state index in [1.54, 1.807) is 18.4 Å². The predicted molar refractivity (Wildman–Crippen MR) is 121 cm³/mol. The Morgan fingerprint density at radius 3 is 2.57 bits per heavy atom. The second-order valence-corrected chi connectivity index (χ2v) is 8.00. The molecule has 158 valence electrons. The number of hydrogen-bond acceptors (Lipinski definition) is 5. The highest BCUT2D eigenvalue weighted by molar-refractivity contribution is 7.10. The van der Waals surface area contributed by atoms with Gasteiger partial charge < -0.3 is 14.8 Å². The number of nitrogens with zero attached hydrogens (tertiary/aromatic N) is 1. The highest BCUT2D eigenvalue weighted by atomic mass is 32.1. The zero-order chi connectivity index (χ0) is 21.3. The van der Waals surface area contributed by atoms with Crippen molar-refractivity contribution >= 4 is 17.2 Å². The minimum absolute atomic E-state index is 0.0161. The van der Waals surface area contributed by atoms with Crippen molar-refractivity contribution in [3.63, 3.8) is 0 Å². The Labute approximate surface area is 182 Å². The van der Waals surface area contributed by atoms with Crippen molar-refractivity contribution in [1.82, 2.24) is 10.2 Å². The van der Waals surface area contributed by atoms with Gasteiger partial charge in [0, 0.05) is 11.4 Å². The smallest absolute Gasteiger partial charge is 0.234 e. The second-order valence-electron chi connectivity index (χ2n) is 7.02. The normalized spacial score (nSPS) is 11.9. The Balaban J connectivity index is 1.63. The summed E-state index contributed by atoms with van der Waals surface area (Å²) in [6.45, 7) is 3.46. The first-order valence-electron chi connectivity index (χ1n) is 9.96. The molecule has 0 radical (unpaired) electrons. The van der Waals surface area contributed by atoms with Gasteiger partial charge in [-0.2, -0.15) is 0 Å². The van der Waals surface area contributed by atoms with E-state index < -0.39 is 0 Å². The third-order valence-corrected chi connectivity index (χ3v) is 5.60. The molecule has 0 aliphatic carbocycles. The molecule has 0 saturated heterocycles. The van der Waals surface area contributed by atoms with Crippen LogP contribution in [0.5, 0.6) is 11.5 Å². The number of methoxy groups -OCH3 is 1. The summed E-state index contributed by atoms with van der Waals surface area (Å²) < 4.78 is 11.0. The fourth-order valence-electron chi connectivity index (χ4n) is 3.32. The molecule has 0 unspecified atom stereocenters. The Morgan fingerprint density at radius 1 is 1.10 bits per heavy atom. The maximum absolute atomic E-state index is 12.8. The average molecular weight is 425 g/mol. The second kappa shape index (κ2) is 10.8. The minimum atomic E-state index is -0.141. The Kier molecular flexibility index (Phi) is 7.88. The fourth-order valence-corrected chi connectivity index (χ4v) is 4.13. The molecule has 1 N–H and O–H groups in total. The largest absolute Gasteiger partial charge is 0.493 e. The number of thiophene rings is 1. The average Bonchev–Trinajstić information content (AvgIpc) is 3.28. The predicted octanol–water partition coefficient (Wildman–Crippen LogP) is 4.49. The topological polar surface area (TPSA) is 50.8 Å². The molecule has 1 amide bonds. The molecular weight excluding hydrogens is 396 g/mol. The Hall–Kier alpha value is -2.83. The quantitative estimate of drug-likeness (QED) is 0.521. The molecule has 0 bridgehead atoms. The third-order valence-electron chi connectivity index (χ3n) is 4.66. The molecule has 1 aromatic heterocycles. The Bertz CT molecular complexity index is 929. The van der Waals surface area contributed by atoms with E-state index >= 15 is 0 Å². The van der Waals surface area contributed by atoms with Crippen LogP contribution in [0.3, 0.4) is 0 Å². The van der Waals surface area contributed by atoms with Crippen LogP contribution in [0.15, 0.2) is 66.0 Å². The molecule has 3 rings (SSSR count). The van der Waals surface area contributed by atoms with Gasteiger partial charge in [-0.3, -0.25) is 9.69 Å². The summed E-state index contributed by atoms with van der Waals surface area (Å²) >= 11 is 1.64. The lowest BCUT2D eigenvalue weighted by atomic mass is 10.1. The van der Waals surface area contributed by atoms with Gasteiger partial charge in [-0.1, -0.05) is 42.5 Å².